The summed E-state index contributed by atoms with van der Waals surface area (Å²) in [4.78, 5) is 23.2. The van der Waals surface area contributed by atoms with Gasteiger partial charge in [-0.15, -0.1) is 0 Å². The maximum Gasteiger partial charge on any atom is 0.451 e. The minimum Gasteiger partial charge on any atom is -0.427 e. The lowest BCUT2D eigenvalue weighted by Crippen LogP contribution is -2.23. The molecular weight excluding hydrogens is 237 g/mol. The molecular formula is C10H18BN3O4. The second-order valence-electron chi connectivity index (χ2n) is 3.89. The molecule has 0 saturated carbocycles. The summed E-state index contributed by atoms with van der Waals surface area (Å²) < 4.78 is 0. The van der Waals surface area contributed by atoms with Gasteiger partial charge < -0.3 is 20.8 Å². The number of unbranched alkanes of at least 4 members (excludes halogenated alkanes) is 1. The molecule has 0 amide bonds. The first-order valence-electron chi connectivity index (χ1n) is 5.68. The van der Waals surface area contributed by atoms with Gasteiger partial charge in [-0.3, -0.25) is 0 Å². The van der Waals surface area contributed by atoms with Crippen molar-refractivity contribution in [3.05, 3.63) is 18.2 Å². The number of nitrogens with two attached hydrogens (primary N) is 1. The largest absolute Gasteiger partial charge is 0.451 e. The monoisotopic (exact) mass is 255 g/mol. The number of rotatable bonds is 7. The first-order valence-corrected chi connectivity index (χ1v) is 5.68. The minimum absolute atomic E-state index is 0.112. The van der Waals surface area contributed by atoms with Crippen LogP contribution < -0.4 is 5.73 Å². The summed E-state index contributed by atoms with van der Waals surface area (Å²) in [5, 5.41) is 17.3. The number of H-pyrrole nitrogens is 1. The number of imidazole rings is 1. The lowest BCUT2D eigenvalue weighted by molar-refractivity contribution is -0.191. The molecule has 18 heavy (non-hydrogen) atoms. The van der Waals surface area contributed by atoms with E-state index in [-0.39, 0.29) is 12.2 Å². The molecule has 1 rings (SSSR count). The van der Waals surface area contributed by atoms with Crippen molar-refractivity contribution in [2.45, 2.75) is 38.0 Å². The van der Waals surface area contributed by atoms with E-state index in [4.69, 9.17) is 25.4 Å². The molecule has 0 aromatic carbocycles. The minimum atomic E-state index is -1.19. The van der Waals surface area contributed by atoms with Crippen LogP contribution in [-0.4, -0.2) is 39.3 Å². The predicted molar refractivity (Wildman–Crippen MR) is 64.1 cm³/mol. The summed E-state index contributed by atoms with van der Waals surface area (Å²) in [6.45, 7) is 0. The molecule has 7 nitrogen and oxygen atoms in total. The number of hydrogen-bond acceptors (Lipinski definition) is 6. The van der Waals surface area contributed by atoms with Crippen molar-refractivity contribution in [2.75, 3.05) is 0 Å². The number of hydrogen-bond donors (Lipinski definition) is 4. The van der Waals surface area contributed by atoms with Gasteiger partial charge in [-0.1, -0.05) is 12.8 Å². The molecule has 0 aliphatic heterocycles. The van der Waals surface area contributed by atoms with Crippen molar-refractivity contribution in [2.24, 2.45) is 5.73 Å². The van der Waals surface area contributed by atoms with Gasteiger partial charge >= 0.3 is 13.3 Å². The Labute approximate surface area is 106 Å². The summed E-state index contributed by atoms with van der Waals surface area (Å²) in [5.74, 6) is 0. The Morgan fingerprint density at radius 2 is 2.11 bits per heavy atom. The average molecular weight is 255 g/mol. The molecule has 1 unspecified atom stereocenters. The van der Waals surface area contributed by atoms with E-state index < -0.39 is 7.12 Å². The molecule has 100 valence electrons. The average Bonchev–Trinajstić information content (AvgIpc) is 2.78. The van der Waals surface area contributed by atoms with Crippen LogP contribution in [0.15, 0.2) is 12.5 Å². The molecule has 1 aromatic heterocycles. The van der Waals surface area contributed by atoms with Gasteiger partial charge in [0.25, 0.3) is 0 Å². The Kier molecular flexibility index (Phi) is 9.81. The molecule has 1 aromatic rings. The smallest absolute Gasteiger partial charge is 0.427 e. The van der Waals surface area contributed by atoms with E-state index in [1.807, 2.05) is 0 Å². The van der Waals surface area contributed by atoms with E-state index in [2.05, 4.69) is 9.97 Å². The standard InChI is InChI=1S/C9H18BN3O2.CO2/c11-8(3-1-2-4-10(14)15)5-9-6-12-7-13-9;2-1-3/h6-8,14-15H,1-5,11H2,(H,12,13);. The maximum atomic E-state index is 8.64. The number of nitrogens with one attached hydrogen (secondary N) is 1. The molecule has 0 spiro atoms. The fraction of sp³-hybridized carbons (Fsp3) is 0.600. The molecule has 1 heterocycles. The molecule has 0 fully saturated rings. The zero-order chi connectivity index (χ0) is 13.8. The van der Waals surface area contributed by atoms with E-state index in [9.17, 15) is 0 Å². The van der Waals surface area contributed by atoms with Crippen molar-refractivity contribution < 1.29 is 19.6 Å². The van der Waals surface area contributed by atoms with Crippen LogP contribution in [0.5, 0.6) is 0 Å². The lowest BCUT2D eigenvalue weighted by Gasteiger charge is -2.09. The van der Waals surface area contributed by atoms with Crippen LogP contribution in [0.3, 0.4) is 0 Å². The summed E-state index contributed by atoms with van der Waals surface area (Å²) in [7, 11) is -1.19. The highest BCUT2D eigenvalue weighted by atomic mass is 16.4. The fourth-order valence-corrected chi connectivity index (χ4v) is 1.51. The van der Waals surface area contributed by atoms with Gasteiger partial charge in [-0.2, -0.15) is 9.59 Å². The van der Waals surface area contributed by atoms with Crippen molar-refractivity contribution in [1.82, 2.24) is 9.97 Å². The van der Waals surface area contributed by atoms with Crippen LogP contribution in [0.2, 0.25) is 6.32 Å². The first-order chi connectivity index (χ1) is 8.60. The maximum absolute atomic E-state index is 8.64. The van der Waals surface area contributed by atoms with Crippen LogP contribution in [0.1, 0.15) is 25.0 Å². The first kappa shape index (κ1) is 16.5. The highest BCUT2D eigenvalue weighted by Crippen LogP contribution is 2.07. The van der Waals surface area contributed by atoms with Crippen molar-refractivity contribution in [3.8, 4) is 0 Å². The van der Waals surface area contributed by atoms with Gasteiger partial charge in [0.05, 0.1) is 6.33 Å². The Balaban J connectivity index is 0.000000873. The van der Waals surface area contributed by atoms with E-state index in [0.29, 0.717) is 6.32 Å². The molecule has 0 bridgehead atoms. The van der Waals surface area contributed by atoms with Gasteiger partial charge in [-0.25, -0.2) is 4.98 Å². The normalized spacial score (nSPS) is 11.1. The van der Waals surface area contributed by atoms with Gasteiger partial charge in [0.2, 0.25) is 0 Å². The third kappa shape index (κ3) is 9.74. The Bertz CT molecular complexity index is 326. The number of aromatic nitrogens is 2. The fourth-order valence-electron chi connectivity index (χ4n) is 1.51. The topological polar surface area (TPSA) is 129 Å². The van der Waals surface area contributed by atoms with E-state index in [0.717, 1.165) is 31.4 Å². The predicted octanol–water partition coefficient (Wildman–Crippen LogP) is -0.661. The molecule has 0 aliphatic rings. The van der Waals surface area contributed by atoms with Gasteiger partial charge in [0, 0.05) is 24.4 Å². The highest BCUT2D eigenvalue weighted by Gasteiger charge is 2.08. The van der Waals surface area contributed by atoms with Crippen LogP contribution in [0, 0.1) is 0 Å². The Morgan fingerprint density at radius 1 is 1.44 bits per heavy atom. The summed E-state index contributed by atoms with van der Waals surface area (Å²) in [6.07, 6.45) is 7.51. The van der Waals surface area contributed by atoms with Crippen molar-refractivity contribution in [3.63, 3.8) is 0 Å². The zero-order valence-corrected chi connectivity index (χ0v) is 10.1. The molecule has 1 atom stereocenters. The van der Waals surface area contributed by atoms with Gasteiger partial charge in [0.1, 0.15) is 0 Å². The van der Waals surface area contributed by atoms with Crippen molar-refractivity contribution >= 4 is 13.3 Å². The number of carbonyl (C=O) groups excluding carboxylic acids is 2. The van der Waals surface area contributed by atoms with E-state index in [1.54, 1.807) is 12.5 Å². The summed E-state index contributed by atoms with van der Waals surface area (Å²) in [6, 6.07) is 0.112. The van der Waals surface area contributed by atoms with Crippen LogP contribution in [-0.2, 0) is 16.0 Å². The Morgan fingerprint density at radius 3 is 2.61 bits per heavy atom. The molecule has 0 aliphatic carbocycles. The lowest BCUT2D eigenvalue weighted by atomic mass is 9.83. The SMILES string of the molecule is NC(CCCCB(O)O)Cc1cnc[nH]1.O=C=O. The van der Waals surface area contributed by atoms with E-state index >= 15 is 0 Å². The molecule has 5 N–H and O–H groups in total. The van der Waals surface area contributed by atoms with E-state index in [1.165, 1.54) is 0 Å². The summed E-state index contributed by atoms with van der Waals surface area (Å²) >= 11 is 0. The molecule has 0 saturated heterocycles. The highest BCUT2D eigenvalue weighted by molar-refractivity contribution is 6.40. The van der Waals surface area contributed by atoms with Crippen LogP contribution in [0.4, 0.5) is 0 Å². The second-order valence-corrected chi connectivity index (χ2v) is 3.89. The third-order valence-electron chi connectivity index (χ3n) is 2.32. The zero-order valence-electron chi connectivity index (χ0n) is 10.1. The summed E-state index contributed by atoms with van der Waals surface area (Å²) in [5.41, 5.74) is 6.96. The van der Waals surface area contributed by atoms with Gasteiger partial charge in [0.15, 0.2) is 0 Å². The van der Waals surface area contributed by atoms with Crippen LogP contribution in [0.25, 0.3) is 0 Å². The molecule has 0 radical (unpaired) electrons. The molecule has 8 heteroatoms. The quantitative estimate of drug-likeness (QED) is 0.378. The number of nitrogens with zero attached hydrogens (tertiary/aromatic N) is 1. The Hall–Kier alpha value is -1.47. The van der Waals surface area contributed by atoms with Gasteiger partial charge in [-0.05, 0) is 12.7 Å². The third-order valence-corrected chi connectivity index (χ3v) is 2.32. The van der Waals surface area contributed by atoms with Crippen molar-refractivity contribution in [1.29, 1.82) is 0 Å². The number of aromatic amines is 1. The second kappa shape index (κ2) is 10.7. The van der Waals surface area contributed by atoms with Crippen LogP contribution >= 0.6 is 0 Å².